The van der Waals surface area contributed by atoms with Crippen LogP contribution in [0.15, 0.2) is 34.4 Å². The van der Waals surface area contributed by atoms with E-state index in [-0.39, 0.29) is 23.5 Å². The minimum Gasteiger partial charge on any atom is -0.478 e. The first-order valence-electron chi connectivity index (χ1n) is 6.05. The molecule has 1 aromatic carbocycles. The molecule has 0 aliphatic carbocycles. The zero-order valence-electron chi connectivity index (χ0n) is 10.9. The summed E-state index contributed by atoms with van der Waals surface area (Å²) in [5, 5.41) is 15.7. The van der Waals surface area contributed by atoms with E-state index in [1.54, 1.807) is 17.5 Å². The number of aromatic amines is 1. The topological polar surface area (TPSA) is 111 Å². The van der Waals surface area contributed by atoms with Gasteiger partial charge in [0.05, 0.1) is 12.1 Å². The summed E-state index contributed by atoms with van der Waals surface area (Å²) >= 11 is 1.03. The Morgan fingerprint density at radius 3 is 2.67 bits per heavy atom. The number of aromatic nitrogens is 1. The second-order valence-corrected chi connectivity index (χ2v) is 5.06. The molecule has 0 unspecified atom stereocenters. The first kappa shape index (κ1) is 14.8. The van der Waals surface area contributed by atoms with Gasteiger partial charge in [0, 0.05) is 17.6 Å². The van der Waals surface area contributed by atoms with Crippen LogP contribution in [0.3, 0.4) is 0 Å². The highest BCUT2D eigenvalue weighted by molar-refractivity contribution is 7.07. The minimum absolute atomic E-state index is 0.169. The molecule has 2 amide bonds. The maximum atomic E-state index is 11.6. The molecular formula is C13H13N3O4S. The Morgan fingerprint density at radius 2 is 2.00 bits per heavy atom. The number of nitrogens with one attached hydrogen (secondary N) is 3. The zero-order valence-corrected chi connectivity index (χ0v) is 11.7. The third kappa shape index (κ3) is 4.46. The average molecular weight is 307 g/mol. The number of rotatable bonds is 5. The number of urea groups is 1. The van der Waals surface area contributed by atoms with Crippen LogP contribution in [0.2, 0.25) is 0 Å². The van der Waals surface area contributed by atoms with Gasteiger partial charge in [-0.1, -0.05) is 23.5 Å². The first-order chi connectivity index (χ1) is 10.0. The molecule has 0 atom stereocenters. The molecule has 1 aromatic heterocycles. The van der Waals surface area contributed by atoms with Crippen LogP contribution < -0.4 is 15.5 Å². The van der Waals surface area contributed by atoms with Gasteiger partial charge in [0.1, 0.15) is 0 Å². The molecule has 2 rings (SSSR count). The Kier molecular flexibility index (Phi) is 4.72. The third-order valence-electron chi connectivity index (χ3n) is 2.64. The summed E-state index contributed by atoms with van der Waals surface area (Å²) in [6, 6.07) is 5.93. The van der Waals surface area contributed by atoms with Gasteiger partial charge in [0.15, 0.2) is 0 Å². The second-order valence-electron chi connectivity index (χ2n) is 4.22. The summed E-state index contributed by atoms with van der Waals surface area (Å²) in [7, 11) is 0. The Morgan fingerprint density at radius 1 is 1.24 bits per heavy atom. The number of benzene rings is 1. The van der Waals surface area contributed by atoms with Gasteiger partial charge in [-0.3, -0.25) is 4.79 Å². The van der Waals surface area contributed by atoms with Gasteiger partial charge in [-0.25, -0.2) is 9.59 Å². The Hall–Kier alpha value is -2.61. The van der Waals surface area contributed by atoms with Crippen LogP contribution in [0.5, 0.6) is 0 Å². The van der Waals surface area contributed by atoms with E-state index in [1.165, 1.54) is 12.1 Å². The summed E-state index contributed by atoms with van der Waals surface area (Å²) in [6.07, 6.45) is 0. The van der Waals surface area contributed by atoms with Crippen molar-refractivity contribution < 1.29 is 14.7 Å². The van der Waals surface area contributed by atoms with Crippen LogP contribution in [-0.2, 0) is 13.1 Å². The molecular weight excluding hydrogens is 294 g/mol. The fraction of sp³-hybridized carbons (Fsp3) is 0.154. The van der Waals surface area contributed by atoms with E-state index in [1.807, 2.05) is 0 Å². The van der Waals surface area contributed by atoms with Crippen LogP contribution in [0.4, 0.5) is 4.79 Å². The zero-order chi connectivity index (χ0) is 15.2. The summed E-state index contributed by atoms with van der Waals surface area (Å²) in [5.74, 6) is -1.01. The molecule has 0 saturated carbocycles. The molecule has 110 valence electrons. The van der Waals surface area contributed by atoms with Crippen molar-refractivity contribution in [3.8, 4) is 0 Å². The molecule has 1 heterocycles. The van der Waals surface area contributed by atoms with Gasteiger partial charge < -0.3 is 20.7 Å². The largest absolute Gasteiger partial charge is 0.478 e. The molecule has 0 saturated heterocycles. The van der Waals surface area contributed by atoms with E-state index in [9.17, 15) is 14.4 Å². The number of carboxylic acid groups (broad SMARTS) is 1. The Balaban J connectivity index is 1.82. The molecule has 0 aliphatic rings. The standard InChI is InChI=1S/C13H13N3O4S/c17-11(18)9-3-1-2-8(4-9)5-14-12(19)15-6-10-7-21-13(20)16-10/h1-4,7H,5-6H2,(H,16,20)(H,17,18)(H2,14,15,19). The molecule has 7 nitrogen and oxygen atoms in total. The van der Waals surface area contributed by atoms with Crippen molar-refractivity contribution in [1.82, 2.24) is 15.6 Å². The Bertz CT molecular complexity index is 707. The van der Waals surface area contributed by atoms with Crippen molar-refractivity contribution in [3.63, 3.8) is 0 Å². The van der Waals surface area contributed by atoms with Crippen molar-refractivity contribution in [2.24, 2.45) is 0 Å². The summed E-state index contributed by atoms with van der Waals surface area (Å²) < 4.78 is 0. The van der Waals surface area contributed by atoms with Crippen LogP contribution in [0.25, 0.3) is 0 Å². The van der Waals surface area contributed by atoms with Crippen molar-refractivity contribution in [3.05, 3.63) is 56.1 Å². The van der Waals surface area contributed by atoms with Gasteiger partial charge in [-0.05, 0) is 17.7 Å². The highest BCUT2D eigenvalue weighted by Crippen LogP contribution is 2.05. The molecule has 0 fully saturated rings. The maximum Gasteiger partial charge on any atom is 0.335 e. The highest BCUT2D eigenvalue weighted by Gasteiger charge is 2.05. The van der Waals surface area contributed by atoms with Gasteiger partial charge in [-0.2, -0.15) is 0 Å². The fourth-order valence-electron chi connectivity index (χ4n) is 1.64. The normalized spacial score (nSPS) is 10.1. The SMILES string of the molecule is O=C(NCc1cccc(C(=O)O)c1)NCc1csc(=O)[nH]1. The number of H-pyrrole nitrogens is 1. The molecule has 0 spiro atoms. The highest BCUT2D eigenvalue weighted by atomic mass is 32.1. The van der Waals surface area contributed by atoms with E-state index < -0.39 is 12.0 Å². The quantitative estimate of drug-likeness (QED) is 0.663. The van der Waals surface area contributed by atoms with E-state index >= 15 is 0 Å². The number of carboxylic acids is 1. The predicted octanol–water partition coefficient (Wildman–Crippen LogP) is 1.13. The molecule has 4 N–H and O–H groups in total. The fourth-order valence-corrected chi connectivity index (χ4v) is 2.22. The summed E-state index contributed by atoms with van der Waals surface area (Å²) in [5.41, 5.74) is 1.49. The van der Waals surface area contributed by atoms with E-state index in [0.717, 1.165) is 11.3 Å². The van der Waals surface area contributed by atoms with Gasteiger partial charge in [-0.15, -0.1) is 0 Å². The average Bonchev–Trinajstić information content (AvgIpc) is 2.89. The number of amides is 2. The molecule has 21 heavy (non-hydrogen) atoms. The van der Waals surface area contributed by atoms with E-state index in [0.29, 0.717) is 11.3 Å². The lowest BCUT2D eigenvalue weighted by Gasteiger charge is -2.07. The van der Waals surface area contributed by atoms with Crippen LogP contribution in [0.1, 0.15) is 21.6 Å². The van der Waals surface area contributed by atoms with Gasteiger partial charge in [0.25, 0.3) is 0 Å². The number of thiazole rings is 1. The lowest BCUT2D eigenvalue weighted by atomic mass is 10.1. The van der Waals surface area contributed by atoms with Crippen LogP contribution >= 0.6 is 11.3 Å². The summed E-state index contributed by atoms with van der Waals surface area (Å²) in [4.78, 5) is 35.7. The number of aromatic carboxylic acids is 1. The van der Waals surface area contributed by atoms with Gasteiger partial charge >= 0.3 is 16.9 Å². The lowest BCUT2D eigenvalue weighted by molar-refractivity contribution is 0.0696. The molecule has 2 aromatic rings. The monoisotopic (exact) mass is 307 g/mol. The van der Waals surface area contributed by atoms with Crippen molar-refractivity contribution in [2.75, 3.05) is 0 Å². The third-order valence-corrected chi connectivity index (χ3v) is 3.36. The smallest absolute Gasteiger partial charge is 0.335 e. The number of hydrogen-bond acceptors (Lipinski definition) is 4. The lowest BCUT2D eigenvalue weighted by Crippen LogP contribution is -2.34. The van der Waals surface area contributed by atoms with E-state index in [4.69, 9.17) is 5.11 Å². The van der Waals surface area contributed by atoms with E-state index in [2.05, 4.69) is 15.6 Å². The van der Waals surface area contributed by atoms with Crippen LogP contribution in [-0.4, -0.2) is 22.1 Å². The van der Waals surface area contributed by atoms with Crippen molar-refractivity contribution in [1.29, 1.82) is 0 Å². The summed E-state index contributed by atoms with van der Waals surface area (Å²) in [6.45, 7) is 0.437. The molecule has 8 heteroatoms. The minimum atomic E-state index is -1.01. The predicted molar refractivity (Wildman–Crippen MR) is 77.4 cm³/mol. The second kappa shape index (κ2) is 6.71. The molecule has 0 bridgehead atoms. The Labute approximate surface area is 123 Å². The van der Waals surface area contributed by atoms with Crippen molar-refractivity contribution in [2.45, 2.75) is 13.1 Å². The molecule has 0 radical (unpaired) electrons. The van der Waals surface area contributed by atoms with Gasteiger partial charge in [0.2, 0.25) is 0 Å². The maximum absolute atomic E-state index is 11.6. The van der Waals surface area contributed by atoms with Crippen LogP contribution in [0, 0.1) is 0 Å². The number of carbonyl (C=O) groups is 2. The number of carbonyl (C=O) groups excluding carboxylic acids is 1. The molecule has 0 aliphatic heterocycles. The first-order valence-corrected chi connectivity index (χ1v) is 6.93. The van der Waals surface area contributed by atoms with Crippen molar-refractivity contribution >= 4 is 23.3 Å². The number of hydrogen-bond donors (Lipinski definition) is 4.